The van der Waals surface area contributed by atoms with Crippen LogP contribution in [0.25, 0.3) is 22.6 Å². The Morgan fingerprint density at radius 1 is 1.00 bits per heavy atom. The molecule has 0 unspecified atom stereocenters. The molecule has 0 bridgehead atoms. The molecule has 0 aliphatic carbocycles. The van der Waals surface area contributed by atoms with Gasteiger partial charge in [-0.2, -0.15) is 0 Å². The number of hydrogen-bond donors (Lipinski definition) is 2. The molecule has 0 saturated carbocycles. The predicted molar refractivity (Wildman–Crippen MR) is 106 cm³/mol. The first kappa shape index (κ1) is 16.5. The van der Waals surface area contributed by atoms with Crippen LogP contribution in [-0.4, -0.2) is 16.9 Å². The molecule has 28 heavy (non-hydrogen) atoms. The lowest BCUT2D eigenvalue weighted by Gasteiger charge is -2.09. The van der Waals surface area contributed by atoms with Gasteiger partial charge in [-0.1, -0.05) is 12.1 Å². The lowest BCUT2D eigenvalue weighted by atomic mass is 10.1. The number of aromatic hydroxyl groups is 1. The van der Waals surface area contributed by atoms with E-state index in [1.165, 1.54) is 0 Å². The van der Waals surface area contributed by atoms with Gasteiger partial charge < -0.3 is 24.3 Å². The fourth-order valence-corrected chi connectivity index (χ4v) is 3.23. The average molecular weight is 374 g/mol. The van der Waals surface area contributed by atoms with Gasteiger partial charge in [-0.15, -0.1) is 0 Å². The highest BCUT2D eigenvalue weighted by Gasteiger charge is 2.15. The van der Waals surface area contributed by atoms with Crippen molar-refractivity contribution in [3.8, 4) is 28.7 Å². The number of rotatable bonds is 4. The van der Waals surface area contributed by atoms with Crippen LogP contribution in [0.3, 0.4) is 0 Å². The smallest absolute Gasteiger partial charge is 0.231 e. The summed E-state index contributed by atoms with van der Waals surface area (Å²) in [7, 11) is 0. The topological polar surface area (TPSA) is 76.8 Å². The number of ether oxygens (including phenoxy) is 2. The maximum atomic E-state index is 10.3. The Bertz CT molecular complexity index is 1180. The third kappa shape index (κ3) is 2.99. The molecule has 1 aliphatic heterocycles. The van der Waals surface area contributed by atoms with Crippen LogP contribution in [0.4, 0.5) is 5.69 Å². The molecular weight excluding hydrogens is 356 g/mol. The van der Waals surface area contributed by atoms with Crippen molar-refractivity contribution in [3.63, 3.8) is 0 Å². The van der Waals surface area contributed by atoms with Gasteiger partial charge in [0.25, 0.3) is 0 Å². The molecule has 0 saturated heterocycles. The monoisotopic (exact) mass is 374 g/mol. The molecule has 0 radical (unpaired) electrons. The molecule has 1 aliphatic rings. The number of benzene rings is 3. The summed E-state index contributed by atoms with van der Waals surface area (Å²) >= 11 is 0. The van der Waals surface area contributed by atoms with E-state index >= 15 is 0 Å². The van der Waals surface area contributed by atoms with E-state index in [4.69, 9.17) is 13.9 Å². The number of aryl methyl sites for hydroxylation is 1. The molecule has 0 spiro atoms. The molecule has 5 rings (SSSR count). The summed E-state index contributed by atoms with van der Waals surface area (Å²) in [5.74, 6) is 2.04. The van der Waals surface area contributed by atoms with Gasteiger partial charge in [0.15, 0.2) is 17.1 Å². The van der Waals surface area contributed by atoms with Crippen molar-refractivity contribution in [2.45, 2.75) is 13.5 Å². The Balaban J connectivity index is 1.40. The van der Waals surface area contributed by atoms with E-state index in [-0.39, 0.29) is 12.5 Å². The van der Waals surface area contributed by atoms with Crippen molar-refractivity contribution >= 4 is 16.8 Å². The zero-order chi connectivity index (χ0) is 19.1. The second-order valence-corrected chi connectivity index (χ2v) is 6.76. The van der Waals surface area contributed by atoms with Crippen LogP contribution < -0.4 is 14.8 Å². The fraction of sp³-hybridized carbons (Fsp3) is 0.136. The van der Waals surface area contributed by atoms with Crippen molar-refractivity contribution in [2.24, 2.45) is 0 Å². The molecule has 2 heterocycles. The number of fused-ring (bicyclic) bond motifs is 2. The second-order valence-electron chi connectivity index (χ2n) is 6.76. The van der Waals surface area contributed by atoms with Crippen molar-refractivity contribution in [1.82, 2.24) is 4.98 Å². The van der Waals surface area contributed by atoms with Crippen LogP contribution in [0.1, 0.15) is 11.1 Å². The summed E-state index contributed by atoms with van der Waals surface area (Å²) in [4.78, 5) is 4.52. The minimum absolute atomic E-state index is 0.122. The number of aromatic nitrogens is 1. The highest BCUT2D eigenvalue weighted by atomic mass is 16.7. The number of hydrogen-bond acceptors (Lipinski definition) is 6. The predicted octanol–water partition coefficient (Wildman–Crippen LogP) is 4.85. The highest BCUT2D eigenvalue weighted by molar-refractivity contribution is 5.79. The molecule has 140 valence electrons. The summed E-state index contributed by atoms with van der Waals surface area (Å²) in [5.41, 5.74) is 5.03. The molecule has 6 heteroatoms. The molecule has 3 aromatic carbocycles. The van der Waals surface area contributed by atoms with E-state index in [9.17, 15) is 5.11 Å². The van der Waals surface area contributed by atoms with Crippen LogP contribution >= 0.6 is 0 Å². The minimum Gasteiger partial charge on any atom is -0.507 e. The molecule has 6 nitrogen and oxygen atoms in total. The Hall–Kier alpha value is -3.67. The third-order valence-corrected chi connectivity index (χ3v) is 4.70. The van der Waals surface area contributed by atoms with E-state index in [1.54, 1.807) is 6.07 Å². The standard InChI is InChI=1S/C22H18N2O4/c1-13-2-6-19-17(8-13)24-22(28-19)16-10-15(4-5-18(16)25)23-11-14-3-7-20-21(9-14)27-12-26-20/h2-10,23,25H,11-12H2,1H3. The minimum atomic E-state index is 0.122. The molecule has 2 N–H and O–H groups in total. The summed E-state index contributed by atoms with van der Waals surface area (Å²) in [6, 6.07) is 17.0. The van der Waals surface area contributed by atoms with Crippen molar-refractivity contribution in [2.75, 3.05) is 12.1 Å². The van der Waals surface area contributed by atoms with E-state index in [0.29, 0.717) is 23.6 Å². The molecular formula is C22H18N2O4. The van der Waals surface area contributed by atoms with E-state index in [2.05, 4.69) is 10.3 Å². The largest absolute Gasteiger partial charge is 0.507 e. The van der Waals surface area contributed by atoms with Gasteiger partial charge in [0, 0.05) is 12.2 Å². The quantitative estimate of drug-likeness (QED) is 0.497. The summed E-state index contributed by atoms with van der Waals surface area (Å²) in [6.45, 7) is 2.87. The Morgan fingerprint density at radius 3 is 2.82 bits per heavy atom. The van der Waals surface area contributed by atoms with Gasteiger partial charge in [-0.3, -0.25) is 0 Å². The second kappa shape index (κ2) is 6.49. The summed E-state index contributed by atoms with van der Waals surface area (Å²) < 4.78 is 16.6. The van der Waals surface area contributed by atoms with Gasteiger partial charge in [-0.25, -0.2) is 4.98 Å². The van der Waals surface area contributed by atoms with Gasteiger partial charge >= 0.3 is 0 Å². The average Bonchev–Trinajstić information content (AvgIpc) is 3.33. The summed E-state index contributed by atoms with van der Waals surface area (Å²) in [6.07, 6.45) is 0. The van der Waals surface area contributed by atoms with Crippen LogP contribution in [-0.2, 0) is 6.54 Å². The highest BCUT2D eigenvalue weighted by Crippen LogP contribution is 2.35. The van der Waals surface area contributed by atoms with Gasteiger partial charge in [0.05, 0.1) is 5.56 Å². The number of phenols is 1. The van der Waals surface area contributed by atoms with Crippen LogP contribution in [0.15, 0.2) is 59.0 Å². The van der Waals surface area contributed by atoms with Crippen LogP contribution in [0.5, 0.6) is 17.2 Å². The van der Waals surface area contributed by atoms with Gasteiger partial charge in [0.1, 0.15) is 11.3 Å². The Kier molecular flexibility index (Phi) is 3.83. The zero-order valence-electron chi connectivity index (χ0n) is 15.2. The van der Waals surface area contributed by atoms with E-state index in [1.807, 2.05) is 55.5 Å². The molecule has 0 atom stereocenters. The lowest BCUT2D eigenvalue weighted by molar-refractivity contribution is 0.174. The normalized spacial score (nSPS) is 12.5. The maximum absolute atomic E-state index is 10.3. The first-order valence-corrected chi connectivity index (χ1v) is 8.99. The lowest BCUT2D eigenvalue weighted by Crippen LogP contribution is -1.99. The Labute approximate surface area is 161 Å². The first-order chi connectivity index (χ1) is 13.7. The van der Waals surface area contributed by atoms with Gasteiger partial charge in [-0.05, 0) is 60.5 Å². The SMILES string of the molecule is Cc1ccc2oc(-c3cc(NCc4ccc5c(c4)OCO5)ccc3O)nc2c1. The molecule has 4 aromatic rings. The van der Waals surface area contributed by atoms with Gasteiger partial charge in [0.2, 0.25) is 12.7 Å². The van der Waals surface area contributed by atoms with Crippen molar-refractivity contribution < 1.29 is 19.0 Å². The molecule has 0 amide bonds. The number of oxazole rings is 1. The van der Waals surface area contributed by atoms with Crippen LogP contribution in [0, 0.1) is 6.92 Å². The third-order valence-electron chi connectivity index (χ3n) is 4.70. The summed E-state index contributed by atoms with van der Waals surface area (Å²) in [5, 5.41) is 13.7. The van der Waals surface area contributed by atoms with E-state index in [0.717, 1.165) is 33.8 Å². The number of anilines is 1. The molecule has 0 fully saturated rings. The zero-order valence-corrected chi connectivity index (χ0v) is 15.2. The maximum Gasteiger partial charge on any atom is 0.231 e. The Morgan fingerprint density at radius 2 is 1.89 bits per heavy atom. The van der Waals surface area contributed by atoms with E-state index < -0.39 is 0 Å². The number of nitrogens with zero attached hydrogens (tertiary/aromatic N) is 1. The van der Waals surface area contributed by atoms with Crippen molar-refractivity contribution in [1.29, 1.82) is 0 Å². The van der Waals surface area contributed by atoms with Crippen molar-refractivity contribution in [3.05, 3.63) is 65.7 Å². The fourth-order valence-electron chi connectivity index (χ4n) is 3.23. The number of nitrogens with one attached hydrogen (secondary N) is 1. The first-order valence-electron chi connectivity index (χ1n) is 8.99. The van der Waals surface area contributed by atoms with Crippen LogP contribution in [0.2, 0.25) is 0 Å². The number of phenolic OH excluding ortho intramolecular Hbond substituents is 1. The molecule has 1 aromatic heterocycles.